The Morgan fingerprint density at radius 3 is 2.73 bits per heavy atom. The molecule has 0 amide bonds. The molecule has 0 bridgehead atoms. The fourth-order valence-electron chi connectivity index (χ4n) is 2.95. The number of hydrogen-bond donors (Lipinski definition) is 0. The maximum atomic E-state index is 11.9. The number of fused-ring (bicyclic) bond motifs is 1. The molecule has 0 aliphatic rings. The van der Waals surface area contributed by atoms with Crippen LogP contribution in [0.25, 0.3) is 11.0 Å². The van der Waals surface area contributed by atoms with E-state index >= 15 is 0 Å². The van der Waals surface area contributed by atoms with Gasteiger partial charge in [0.1, 0.15) is 17.1 Å². The van der Waals surface area contributed by atoms with E-state index in [1.807, 2.05) is 44.2 Å². The lowest BCUT2D eigenvalue weighted by atomic mass is 10.1. The largest absolute Gasteiger partial charge is 0.497 e. The topological polar surface area (TPSA) is 87.6 Å². The summed E-state index contributed by atoms with van der Waals surface area (Å²) < 4.78 is 21.9. The van der Waals surface area contributed by atoms with Crippen molar-refractivity contribution < 1.29 is 18.3 Å². The van der Waals surface area contributed by atoms with Crippen LogP contribution in [-0.2, 0) is 12.4 Å². The molecule has 0 fully saturated rings. The zero-order valence-corrected chi connectivity index (χ0v) is 17.6. The smallest absolute Gasteiger partial charge is 0.336 e. The highest BCUT2D eigenvalue weighted by Gasteiger charge is 2.12. The summed E-state index contributed by atoms with van der Waals surface area (Å²) in [6.45, 7) is 4.19. The second-order valence-corrected chi connectivity index (χ2v) is 7.69. The molecule has 154 valence electrons. The molecule has 30 heavy (non-hydrogen) atoms. The minimum atomic E-state index is -0.417. The number of hydrogen-bond acceptors (Lipinski definition) is 8. The average molecular weight is 424 g/mol. The molecule has 8 heteroatoms. The van der Waals surface area contributed by atoms with E-state index in [-0.39, 0.29) is 6.61 Å². The number of aryl methyl sites for hydroxylation is 2. The van der Waals surface area contributed by atoms with E-state index in [0.717, 1.165) is 27.8 Å². The molecule has 0 unspecified atom stereocenters. The maximum Gasteiger partial charge on any atom is 0.336 e. The quantitative estimate of drug-likeness (QED) is 0.312. The van der Waals surface area contributed by atoms with Crippen LogP contribution in [0.5, 0.6) is 11.5 Å². The van der Waals surface area contributed by atoms with Gasteiger partial charge in [-0.2, -0.15) is 0 Å². The third-order valence-corrected chi connectivity index (χ3v) is 5.40. The summed E-state index contributed by atoms with van der Waals surface area (Å²) in [4.78, 5) is 11.9. The van der Waals surface area contributed by atoms with Gasteiger partial charge in [0.25, 0.3) is 11.1 Å². The van der Waals surface area contributed by atoms with Crippen molar-refractivity contribution in [3.8, 4) is 11.5 Å². The SMILES string of the molecule is COc1ccc2c(CSc3nnc(COc4cc(C)ccc4C)o3)cc(=O)oc2c1. The Morgan fingerprint density at radius 2 is 1.90 bits per heavy atom. The van der Waals surface area contributed by atoms with Gasteiger partial charge in [0.15, 0.2) is 6.61 Å². The lowest BCUT2D eigenvalue weighted by Crippen LogP contribution is -2.00. The van der Waals surface area contributed by atoms with Crippen LogP contribution in [0.1, 0.15) is 22.6 Å². The summed E-state index contributed by atoms with van der Waals surface area (Å²) in [5.41, 5.74) is 3.04. The Labute approximate surface area is 177 Å². The molecule has 0 aliphatic heterocycles. The highest BCUT2D eigenvalue weighted by Crippen LogP contribution is 2.28. The first-order valence-corrected chi connectivity index (χ1v) is 10.3. The molecule has 4 rings (SSSR count). The molecule has 0 atom stereocenters. The van der Waals surface area contributed by atoms with Crippen LogP contribution in [0.3, 0.4) is 0 Å². The minimum absolute atomic E-state index is 0.190. The van der Waals surface area contributed by atoms with Gasteiger partial charge in [0.2, 0.25) is 0 Å². The van der Waals surface area contributed by atoms with Crippen LogP contribution in [0.15, 0.2) is 61.3 Å². The van der Waals surface area contributed by atoms with E-state index in [9.17, 15) is 4.79 Å². The molecule has 0 spiro atoms. The standard InChI is InChI=1S/C22H20N2O5S/c1-13-4-5-14(2)18(8-13)27-11-20-23-24-22(29-20)30-12-15-9-21(25)28-19-10-16(26-3)6-7-17(15)19/h4-10H,11-12H2,1-3H3. The molecule has 0 radical (unpaired) electrons. The Morgan fingerprint density at radius 1 is 1.03 bits per heavy atom. The fraction of sp³-hybridized carbons (Fsp3) is 0.227. The normalized spacial score (nSPS) is 11.0. The summed E-state index contributed by atoms with van der Waals surface area (Å²) in [5.74, 6) is 2.29. The number of aromatic nitrogens is 2. The van der Waals surface area contributed by atoms with Gasteiger partial charge in [-0.25, -0.2) is 4.79 Å². The lowest BCUT2D eigenvalue weighted by Gasteiger charge is -2.07. The molecule has 2 aromatic heterocycles. The molecule has 4 aromatic rings. The van der Waals surface area contributed by atoms with Gasteiger partial charge in [-0.3, -0.25) is 0 Å². The van der Waals surface area contributed by atoms with Crippen molar-refractivity contribution >= 4 is 22.7 Å². The maximum absolute atomic E-state index is 11.9. The second kappa shape index (κ2) is 8.62. The van der Waals surface area contributed by atoms with E-state index in [4.69, 9.17) is 18.3 Å². The van der Waals surface area contributed by atoms with Crippen molar-refractivity contribution in [2.75, 3.05) is 7.11 Å². The number of nitrogens with zero attached hydrogens (tertiary/aromatic N) is 2. The summed E-state index contributed by atoms with van der Waals surface area (Å²) in [6, 6.07) is 12.9. The third kappa shape index (κ3) is 4.49. The van der Waals surface area contributed by atoms with Gasteiger partial charge >= 0.3 is 5.63 Å². The Hall–Kier alpha value is -3.26. The second-order valence-electron chi connectivity index (χ2n) is 6.76. The van der Waals surface area contributed by atoms with E-state index in [1.54, 1.807) is 13.2 Å². The molecule has 0 saturated heterocycles. The number of methoxy groups -OCH3 is 1. The lowest BCUT2D eigenvalue weighted by molar-refractivity contribution is 0.250. The average Bonchev–Trinajstić information content (AvgIpc) is 3.20. The first-order chi connectivity index (χ1) is 14.5. The Kier molecular flexibility index (Phi) is 5.76. The van der Waals surface area contributed by atoms with Crippen molar-refractivity contribution in [1.82, 2.24) is 10.2 Å². The first kappa shape index (κ1) is 20.0. The predicted molar refractivity (Wildman–Crippen MR) is 113 cm³/mol. The van der Waals surface area contributed by atoms with Crippen LogP contribution in [0.2, 0.25) is 0 Å². The van der Waals surface area contributed by atoms with Crippen molar-refractivity contribution in [2.24, 2.45) is 0 Å². The van der Waals surface area contributed by atoms with Crippen molar-refractivity contribution in [1.29, 1.82) is 0 Å². The molecule has 0 aliphatic carbocycles. The number of rotatable bonds is 7. The molecule has 2 aromatic carbocycles. The molecular formula is C22H20N2O5S. The number of thioether (sulfide) groups is 1. The van der Waals surface area contributed by atoms with Gasteiger partial charge in [-0.05, 0) is 48.7 Å². The highest BCUT2D eigenvalue weighted by atomic mass is 32.2. The van der Waals surface area contributed by atoms with E-state index in [2.05, 4.69) is 10.2 Å². The van der Waals surface area contributed by atoms with Crippen LogP contribution < -0.4 is 15.1 Å². The van der Waals surface area contributed by atoms with Crippen molar-refractivity contribution in [3.63, 3.8) is 0 Å². The zero-order chi connectivity index (χ0) is 21.1. The van der Waals surface area contributed by atoms with Gasteiger partial charge < -0.3 is 18.3 Å². The Balaban J connectivity index is 1.44. The van der Waals surface area contributed by atoms with E-state index < -0.39 is 5.63 Å². The Bertz CT molecular complexity index is 1250. The summed E-state index contributed by atoms with van der Waals surface area (Å²) >= 11 is 1.35. The van der Waals surface area contributed by atoms with E-state index in [1.165, 1.54) is 17.8 Å². The van der Waals surface area contributed by atoms with Gasteiger partial charge in [-0.15, -0.1) is 10.2 Å². The molecule has 7 nitrogen and oxygen atoms in total. The number of benzene rings is 2. The fourth-order valence-corrected chi connectivity index (χ4v) is 3.72. The summed E-state index contributed by atoms with van der Waals surface area (Å²) in [5, 5.41) is 9.34. The van der Waals surface area contributed by atoms with E-state index in [0.29, 0.717) is 28.2 Å². The van der Waals surface area contributed by atoms with Gasteiger partial charge in [-0.1, -0.05) is 23.9 Å². The van der Waals surface area contributed by atoms with Crippen molar-refractivity contribution in [2.45, 2.75) is 31.4 Å². The molecular weight excluding hydrogens is 404 g/mol. The summed E-state index contributed by atoms with van der Waals surface area (Å²) in [7, 11) is 1.57. The summed E-state index contributed by atoms with van der Waals surface area (Å²) in [6.07, 6.45) is 0. The van der Waals surface area contributed by atoms with Crippen LogP contribution in [0.4, 0.5) is 0 Å². The first-order valence-electron chi connectivity index (χ1n) is 9.28. The van der Waals surface area contributed by atoms with Crippen LogP contribution >= 0.6 is 11.8 Å². The van der Waals surface area contributed by atoms with Crippen LogP contribution in [-0.4, -0.2) is 17.3 Å². The minimum Gasteiger partial charge on any atom is -0.497 e. The molecule has 2 heterocycles. The monoisotopic (exact) mass is 424 g/mol. The van der Waals surface area contributed by atoms with Crippen molar-refractivity contribution in [3.05, 3.63) is 75.5 Å². The number of ether oxygens (including phenoxy) is 2. The van der Waals surface area contributed by atoms with Gasteiger partial charge in [0, 0.05) is 23.3 Å². The van der Waals surface area contributed by atoms with Crippen LogP contribution in [0, 0.1) is 13.8 Å². The van der Waals surface area contributed by atoms with Gasteiger partial charge in [0.05, 0.1) is 7.11 Å². The highest BCUT2D eigenvalue weighted by molar-refractivity contribution is 7.98. The zero-order valence-electron chi connectivity index (χ0n) is 16.8. The predicted octanol–water partition coefficient (Wildman–Crippen LogP) is 4.67. The molecule has 0 N–H and O–H groups in total. The molecule has 0 saturated carbocycles. The third-order valence-electron chi connectivity index (χ3n) is 4.53.